The Labute approximate surface area is 121 Å². The Morgan fingerprint density at radius 2 is 1.95 bits per heavy atom. The van der Waals surface area contributed by atoms with Crippen molar-refractivity contribution in [1.82, 2.24) is 4.57 Å². The number of pyridine rings is 1. The molecule has 2 aromatic rings. The molecule has 0 bridgehead atoms. The molecule has 1 aromatic carbocycles. The number of benzene rings is 1. The molecule has 104 valence electrons. The maximum atomic E-state index is 10.9. The number of rotatable bonds is 5. The highest BCUT2D eigenvalue weighted by atomic mass is 35.5. The number of nitrogens with zero attached hydrogens (tertiary/aromatic N) is 3. The predicted octanol–water partition coefficient (Wildman–Crippen LogP) is 2.74. The third kappa shape index (κ3) is 3.45. The molecule has 0 aliphatic rings. The molecule has 0 aliphatic carbocycles. The standard InChI is InChI=1S/C14H14ClN3O2/c15-8-10-17-9-4-3-7-14(17)16-11-12-5-1-2-6-13(12)18(19)20/h1-7,9H,8,10-11H2. The largest absolute Gasteiger partial charge is 0.332 e. The Bertz CT molecular complexity index is 667. The van der Waals surface area contributed by atoms with Crippen molar-refractivity contribution in [2.45, 2.75) is 13.1 Å². The first-order valence-corrected chi connectivity index (χ1v) is 6.70. The number of hydrogen-bond acceptors (Lipinski definition) is 3. The summed E-state index contributed by atoms with van der Waals surface area (Å²) in [5, 5.41) is 10.9. The van der Waals surface area contributed by atoms with E-state index in [1.807, 2.05) is 29.0 Å². The van der Waals surface area contributed by atoms with Gasteiger partial charge in [0.25, 0.3) is 5.69 Å². The van der Waals surface area contributed by atoms with Crippen LogP contribution in [0.15, 0.2) is 53.7 Å². The summed E-state index contributed by atoms with van der Waals surface area (Å²) in [5.41, 5.74) is 1.45. The second-order valence-corrected chi connectivity index (χ2v) is 4.52. The molecule has 0 saturated carbocycles. The van der Waals surface area contributed by atoms with Crippen LogP contribution in [0.1, 0.15) is 5.56 Å². The van der Waals surface area contributed by atoms with Crippen LogP contribution >= 0.6 is 11.6 Å². The van der Waals surface area contributed by atoms with Gasteiger partial charge in [0.1, 0.15) is 5.49 Å². The molecule has 0 N–H and O–H groups in total. The summed E-state index contributed by atoms with van der Waals surface area (Å²) in [6.45, 7) is 0.918. The number of hydrogen-bond donors (Lipinski definition) is 0. The van der Waals surface area contributed by atoms with Gasteiger partial charge in [-0.3, -0.25) is 15.1 Å². The van der Waals surface area contributed by atoms with E-state index in [1.54, 1.807) is 18.2 Å². The summed E-state index contributed by atoms with van der Waals surface area (Å²) in [5.74, 6) is 0.489. The van der Waals surface area contributed by atoms with Crippen LogP contribution in [0, 0.1) is 10.1 Å². The van der Waals surface area contributed by atoms with Crippen molar-refractivity contribution in [2.75, 3.05) is 5.88 Å². The van der Waals surface area contributed by atoms with Crippen molar-refractivity contribution in [3.63, 3.8) is 0 Å². The van der Waals surface area contributed by atoms with Crippen molar-refractivity contribution in [3.8, 4) is 0 Å². The van der Waals surface area contributed by atoms with E-state index >= 15 is 0 Å². The highest BCUT2D eigenvalue weighted by Gasteiger charge is 2.10. The van der Waals surface area contributed by atoms with Crippen molar-refractivity contribution in [3.05, 3.63) is 69.8 Å². The number of aromatic nitrogens is 1. The molecule has 1 heterocycles. The van der Waals surface area contributed by atoms with E-state index in [-0.39, 0.29) is 17.2 Å². The highest BCUT2D eigenvalue weighted by molar-refractivity contribution is 6.17. The van der Waals surface area contributed by atoms with Crippen LogP contribution in [0.25, 0.3) is 0 Å². The third-order valence-electron chi connectivity index (χ3n) is 2.84. The summed E-state index contributed by atoms with van der Waals surface area (Å²) < 4.78 is 1.92. The van der Waals surface area contributed by atoms with Crippen molar-refractivity contribution < 1.29 is 4.92 Å². The predicted molar refractivity (Wildman–Crippen MR) is 77.5 cm³/mol. The monoisotopic (exact) mass is 291 g/mol. The molecule has 0 unspecified atom stereocenters. The lowest BCUT2D eigenvalue weighted by molar-refractivity contribution is -0.385. The van der Waals surface area contributed by atoms with Gasteiger partial charge in [-0.25, -0.2) is 0 Å². The molecular formula is C14H14ClN3O2. The van der Waals surface area contributed by atoms with E-state index in [2.05, 4.69) is 4.99 Å². The minimum atomic E-state index is -0.386. The summed E-state index contributed by atoms with van der Waals surface area (Å²) in [6, 6.07) is 12.3. The van der Waals surface area contributed by atoms with Crippen molar-refractivity contribution >= 4 is 17.3 Å². The van der Waals surface area contributed by atoms with E-state index in [0.29, 0.717) is 18.0 Å². The average Bonchev–Trinajstić information content (AvgIpc) is 2.47. The fraction of sp³-hybridized carbons (Fsp3) is 0.214. The molecule has 5 nitrogen and oxygen atoms in total. The smallest absolute Gasteiger partial charge is 0.274 e. The van der Waals surface area contributed by atoms with Crippen LogP contribution in [-0.2, 0) is 13.1 Å². The molecule has 0 radical (unpaired) electrons. The number of nitro groups is 1. The zero-order valence-electron chi connectivity index (χ0n) is 10.8. The molecule has 6 heteroatoms. The van der Waals surface area contributed by atoms with E-state index < -0.39 is 0 Å². The molecule has 20 heavy (non-hydrogen) atoms. The fourth-order valence-electron chi connectivity index (χ4n) is 1.88. The Hall–Kier alpha value is -2.14. The topological polar surface area (TPSA) is 60.4 Å². The van der Waals surface area contributed by atoms with Crippen LogP contribution in [0.4, 0.5) is 5.69 Å². The molecule has 2 rings (SSSR count). The first kappa shape index (κ1) is 14.3. The van der Waals surface area contributed by atoms with Crippen LogP contribution < -0.4 is 5.49 Å². The van der Waals surface area contributed by atoms with Crippen LogP contribution in [0.3, 0.4) is 0 Å². The van der Waals surface area contributed by atoms with Gasteiger partial charge in [0, 0.05) is 24.7 Å². The van der Waals surface area contributed by atoms with E-state index in [1.165, 1.54) is 6.07 Å². The summed E-state index contributed by atoms with van der Waals surface area (Å²) >= 11 is 5.74. The van der Waals surface area contributed by atoms with E-state index in [4.69, 9.17) is 11.6 Å². The Balaban J connectivity index is 2.32. The summed E-state index contributed by atoms with van der Waals surface area (Å²) in [4.78, 5) is 15.0. The van der Waals surface area contributed by atoms with Crippen LogP contribution in [0.5, 0.6) is 0 Å². The second-order valence-electron chi connectivity index (χ2n) is 4.14. The van der Waals surface area contributed by atoms with Crippen molar-refractivity contribution in [2.24, 2.45) is 4.99 Å². The van der Waals surface area contributed by atoms with Gasteiger partial charge in [0.05, 0.1) is 17.0 Å². The summed E-state index contributed by atoms with van der Waals surface area (Å²) in [6.07, 6.45) is 1.89. The highest BCUT2D eigenvalue weighted by Crippen LogP contribution is 2.17. The number of para-hydroxylation sites is 1. The maximum Gasteiger partial charge on any atom is 0.274 e. The molecule has 0 atom stereocenters. The zero-order valence-corrected chi connectivity index (χ0v) is 11.5. The molecule has 0 saturated heterocycles. The minimum absolute atomic E-state index is 0.0936. The van der Waals surface area contributed by atoms with E-state index in [9.17, 15) is 10.1 Å². The fourth-order valence-corrected chi connectivity index (χ4v) is 2.06. The first-order chi connectivity index (χ1) is 9.72. The number of nitro benzene ring substituents is 1. The molecule has 1 aromatic heterocycles. The summed E-state index contributed by atoms with van der Waals surface area (Å²) in [7, 11) is 0. The molecule has 0 aliphatic heterocycles. The molecule has 0 amide bonds. The SMILES string of the molecule is O=[N+]([O-])c1ccccc1CN=c1ccccn1CCCl. The number of halogens is 1. The van der Waals surface area contributed by atoms with Gasteiger partial charge in [-0.2, -0.15) is 0 Å². The second kappa shape index (κ2) is 6.86. The van der Waals surface area contributed by atoms with Gasteiger partial charge in [0.2, 0.25) is 0 Å². The normalized spacial score (nSPS) is 11.6. The lowest BCUT2D eigenvalue weighted by Crippen LogP contribution is -2.20. The first-order valence-electron chi connectivity index (χ1n) is 6.16. The maximum absolute atomic E-state index is 10.9. The van der Waals surface area contributed by atoms with Gasteiger partial charge in [0.15, 0.2) is 0 Å². The average molecular weight is 292 g/mol. The lowest BCUT2D eigenvalue weighted by atomic mass is 10.2. The number of alkyl halides is 1. The Morgan fingerprint density at radius 3 is 2.70 bits per heavy atom. The molecular weight excluding hydrogens is 278 g/mol. The molecule has 0 fully saturated rings. The zero-order chi connectivity index (χ0) is 14.4. The van der Waals surface area contributed by atoms with Crippen molar-refractivity contribution in [1.29, 1.82) is 0 Å². The van der Waals surface area contributed by atoms with Crippen LogP contribution in [0.2, 0.25) is 0 Å². The van der Waals surface area contributed by atoms with Gasteiger partial charge >= 0.3 is 0 Å². The van der Waals surface area contributed by atoms with Gasteiger partial charge in [-0.1, -0.05) is 24.3 Å². The van der Waals surface area contributed by atoms with Gasteiger partial charge in [-0.05, 0) is 12.1 Å². The minimum Gasteiger partial charge on any atom is -0.332 e. The van der Waals surface area contributed by atoms with E-state index in [0.717, 1.165) is 5.49 Å². The quantitative estimate of drug-likeness (QED) is 0.483. The molecule has 0 spiro atoms. The Kier molecular flexibility index (Phi) is 4.90. The Morgan fingerprint density at radius 1 is 1.20 bits per heavy atom. The lowest BCUT2D eigenvalue weighted by Gasteiger charge is -2.04. The third-order valence-corrected chi connectivity index (χ3v) is 3.01. The van der Waals surface area contributed by atoms with Crippen LogP contribution in [-0.4, -0.2) is 15.4 Å². The van der Waals surface area contributed by atoms with Gasteiger partial charge < -0.3 is 4.57 Å². The van der Waals surface area contributed by atoms with Gasteiger partial charge in [-0.15, -0.1) is 11.6 Å². The number of aryl methyl sites for hydroxylation is 1.